The summed E-state index contributed by atoms with van der Waals surface area (Å²) in [6.07, 6.45) is 0. The highest BCUT2D eigenvalue weighted by Gasteiger charge is 2.26. The van der Waals surface area contributed by atoms with Crippen molar-refractivity contribution in [1.29, 1.82) is 0 Å². The van der Waals surface area contributed by atoms with Gasteiger partial charge in [-0.3, -0.25) is 4.90 Å². The van der Waals surface area contributed by atoms with Gasteiger partial charge in [0, 0.05) is 25.7 Å². The number of rotatable bonds is 6. The molecule has 0 saturated carbocycles. The Bertz CT molecular complexity index is 841. The van der Waals surface area contributed by atoms with Crippen molar-refractivity contribution < 1.29 is 21.9 Å². The zero-order valence-electron chi connectivity index (χ0n) is 14.1. The number of halogens is 2. The van der Waals surface area contributed by atoms with Crippen molar-refractivity contribution in [3.05, 3.63) is 65.7 Å². The van der Waals surface area contributed by atoms with Crippen molar-refractivity contribution in [2.45, 2.75) is 10.9 Å². The number of hydrogen-bond acceptors (Lipinski definition) is 4. The van der Waals surface area contributed by atoms with Crippen molar-refractivity contribution in [2.75, 3.05) is 32.8 Å². The minimum absolute atomic E-state index is 0.0439. The van der Waals surface area contributed by atoms with Gasteiger partial charge in [-0.05, 0) is 23.8 Å². The van der Waals surface area contributed by atoms with Crippen LogP contribution in [-0.4, -0.2) is 46.2 Å². The Kier molecular flexibility index (Phi) is 5.98. The Labute approximate surface area is 151 Å². The van der Waals surface area contributed by atoms with Gasteiger partial charge in [-0.15, -0.1) is 0 Å². The fourth-order valence-electron chi connectivity index (χ4n) is 2.97. The lowest BCUT2D eigenvalue weighted by molar-refractivity contribution is 0.0172. The van der Waals surface area contributed by atoms with E-state index in [1.807, 2.05) is 30.3 Å². The smallest absolute Gasteiger partial charge is 0.243 e. The third kappa shape index (κ3) is 4.45. The molecule has 0 aliphatic carbocycles. The average molecular weight is 382 g/mol. The SMILES string of the molecule is O=S(=O)(NC[C@H](c1ccccc1)N1CCOCC1)c1cc(F)ccc1F. The van der Waals surface area contributed by atoms with Crippen molar-refractivity contribution in [2.24, 2.45) is 0 Å². The first-order chi connectivity index (χ1) is 12.5. The molecule has 2 aromatic carbocycles. The first-order valence-corrected chi connectivity index (χ1v) is 9.77. The Balaban J connectivity index is 1.82. The summed E-state index contributed by atoms with van der Waals surface area (Å²) in [6.45, 7) is 2.50. The molecule has 3 rings (SSSR count). The predicted molar refractivity (Wildman–Crippen MR) is 93.1 cm³/mol. The topological polar surface area (TPSA) is 58.6 Å². The number of ether oxygens (including phenoxy) is 1. The Morgan fingerprint density at radius 2 is 1.77 bits per heavy atom. The monoisotopic (exact) mass is 382 g/mol. The van der Waals surface area contributed by atoms with E-state index in [4.69, 9.17) is 4.74 Å². The van der Waals surface area contributed by atoms with Crippen LogP contribution in [0.4, 0.5) is 8.78 Å². The highest BCUT2D eigenvalue weighted by atomic mass is 32.2. The van der Waals surface area contributed by atoms with Crippen molar-refractivity contribution >= 4 is 10.0 Å². The van der Waals surface area contributed by atoms with E-state index in [1.54, 1.807) is 0 Å². The Morgan fingerprint density at radius 1 is 1.08 bits per heavy atom. The molecule has 140 valence electrons. The van der Waals surface area contributed by atoms with E-state index < -0.39 is 26.6 Å². The number of hydrogen-bond donors (Lipinski definition) is 1. The zero-order chi connectivity index (χ0) is 18.6. The number of morpholine rings is 1. The van der Waals surface area contributed by atoms with Crippen molar-refractivity contribution in [3.63, 3.8) is 0 Å². The fraction of sp³-hybridized carbons (Fsp3) is 0.333. The lowest BCUT2D eigenvalue weighted by Gasteiger charge is -2.34. The summed E-state index contributed by atoms with van der Waals surface area (Å²) in [5.74, 6) is -1.79. The number of sulfonamides is 1. The molecular formula is C18H20F2N2O3S. The third-order valence-electron chi connectivity index (χ3n) is 4.32. The first kappa shape index (κ1) is 18.9. The summed E-state index contributed by atoms with van der Waals surface area (Å²) < 4.78 is 59.9. The van der Waals surface area contributed by atoms with E-state index in [0.29, 0.717) is 32.4 Å². The molecular weight excluding hydrogens is 362 g/mol. The van der Waals surface area contributed by atoms with Gasteiger partial charge in [-0.2, -0.15) is 0 Å². The van der Waals surface area contributed by atoms with Gasteiger partial charge in [-0.25, -0.2) is 21.9 Å². The van der Waals surface area contributed by atoms with Crippen LogP contribution in [0.5, 0.6) is 0 Å². The molecule has 5 nitrogen and oxygen atoms in total. The van der Waals surface area contributed by atoms with Crippen LogP contribution in [0.15, 0.2) is 53.4 Å². The molecule has 1 heterocycles. The molecule has 8 heteroatoms. The highest BCUT2D eigenvalue weighted by molar-refractivity contribution is 7.89. The molecule has 26 heavy (non-hydrogen) atoms. The molecule has 0 unspecified atom stereocenters. The van der Waals surface area contributed by atoms with Gasteiger partial charge < -0.3 is 4.74 Å². The summed E-state index contributed by atoms with van der Waals surface area (Å²) >= 11 is 0. The molecule has 1 fully saturated rings. The van der Waals surface area contributed by atoms with E-state index in [9.17, 15) is 17.2 Å². The van der Waals surface area contributed by atoms with Gasteiger partial charge >= 0.3 is 0 Å². The van der Waals surface area contributed by atoms with Crippen molar-refractivity contribution in [1.82, 2.24) is 9.62 Å². The predicted octanol–water partition coefficient (Wildman–Crippen LogP) is 2.32. The fourth-order valence-corrected chi connectivity index (χ4v) is 4.10. The summed E-state index contributed by atoms with van der Waals surface area (Å²) in [5, 5.41) is 0. The normalized spacial score (nSPS) is 17.2. The molecule has 1 aliphatic heterocycles. The largest absolute Gasteiger partial charge is 0.379 e. The Hall–Kier alpha value is -1.87. The first-order valence-electron chi connectivity index (χ1n) is 8.29. The molecule has 0 bridgehead atoms. The second kappa shape index (κ2) is 8.22. The number of nitrogens with one attached hydrogen (secondary N) is 1. The Morgan fingerprint density at radius 3 is 2.46 bits per heavy atom. The summed E-state index contributed by atoms with van der Waals surface area (Å²) in [7, 11) is -4.18. The molecule has 1 N–H and O–H groups in total. The van der Waals surface area contributed by atoms with E-state index >= 15 is 0 Å². The summed E-state index contributed by atoms with van der Waals surface area (Å²) in [4.78, 5) is 1.43. The highest BCUT2D eigenvalue weighted by Crippen LogP contribution is 2.22. The van der Waals surface area contributed by atoms with Crippen LogP contribution in [0.1, 0.15) is 11.6 Å². The van der Waals surface area contributed by atoms with Crippen LogP contribution >= 0.6 is 0 Å². The van der Waals surface area contributed by atoms with Crippen LogP contribution < -0.4 is 4.72 Å². The van der Waals surface area contributed by atoms with Crippen LogP contribution in [0.25, 0.3) is 0 Å². The van der Waals surface area contributed by atoms with Crippen LogP contribution in [-0.2, 0) is 14.8 Å². The minimum Gasteiger partial charge on any atom is -0.379 e. The van der Waals surface area contributed by atoms with Crippen molar-refractivity contribution in [3.8, 4) is 0 Å². The molecule has 1 aliphatic rings. The summed E-state index contributed by atoms with van der Waals surface area (Å²) in [6, 6.07) is 11.6. The molecule has 0 spiro atoms. The molecule has 1 atom stereocenters. The number of nitrogens with zero attached hydrogens (tertiary/aromatic N) is 1. The van der Waals surface area contributed by atoms with Gasteiger partial charge in [0.25, 0.3) is 0 Å². The molecule has 1 saturated heterocycles. The molecule has 2 aromatic rings. The van der Waals surface area contributed by atoms with E-state index in [0.717, 1.165) is 17.7 Å². The van der Waals surface area contributed by atoms with Crippen LogP contribution in [0.2, 0.25) is 0 Å². The van der Waals surface area contributed by atoms with E-state index in [-0.39, 0.29) is 12.6 Å². The lowest BCUT2D eigenvalue weighted by atomic mass is 10.1. The maximum Gasteiger partial charge on any atom is 0.243 e. The third-order valence-corrected chi connectivity index (χ3v) is 5.76. The van der Waals surface area contributed by atoms with Gasteiger partial charge in [0.15, 0.2) is 0 Å². The summed E-state index contributed by atoms with van der Waals surface area (Å²) in [5.41, 5.74) is 0.941. The molecule has 0 aromatic heterocycles. The van der Waals surface area contributed by atoms with Crippen LogP contribution in [0.3, 0.4) is 0 Å². The zero-order valence-corrected chi connectivity index (χ0v) is 14.9. The van der Waals surface area contributed by atoms with Gasteiger partial charge in [0.05, 0.1) is 13.2 Å². The van der Waals surface area contributed by atoms with E-state index in [2.05, 4.69) is 9.62 Å². The average Bonchev–Trinajstić information content (AvgIpc) is 2.65. The number of benzene rings is 2. The maximum atomic E-state index is 13.9. The lowest BCUT2D eigenvalue weighted by Crippen LogP contribution is -2.43. The quantitative estimate of drug-likeness (QED) is 0.833. The van der Waals surface area contributed by atoms with Crippen LogP contribution in [0, 0.1) is 11.6 Å². The maximum absolute atomic E-state index is 13.9. The minimum atomic E-state index is -4.18. The second-order valence-corrected chi connectivity index (χ2v) is 7.74. The molecule has 0 amide bonds. The second-order valence-electron chi connectivity index (χ2n) is 6.00. The molecule has 0 radical (unpaired) electrons. The van der Waals surface area contributed by atoms with E-state index in [1.165, 1.54) is 0 Å². The van der Waals surface area contributed by atoms with Gasteiger partial charge in [-0.1, -0.05) is 30.3 Å². The van der Waals surface area contributed by atoms with Gasteiger partial charge in [0.2, 0.25) is 10.0 Å². The van der Waals surface area contributed by atoms with Gasteiger partial charge in [0.1, 0.15) is 16.5 Å². The standard InChI is InChI=1S/C18H20F2N2O3S/c19-15-6-7-16(20)18(12-15)26(23,24)21-13-17(14-4-2-1-3-5-14)22-8-10-25-11-9-22/h1-7,12,17,21H,8-11,13H2/t17-/m1/s1.